The molecule has 0 radical (unpaired) electrons. The van der Waals surface area contributed by atoms with E-state index >= 15 is 0 Å². The zero-order chi connectivity index (χ0) is 4.24. The molecule has 0 aromatic rings. The number of hydroxylamine groups is 1. The Bertz CT molecular complexity index is 26.3. The zero-order valence-electron chi connectivity index (χ0n) is 3.41. The molecule has 0 amide bonds. The molecule has 0 spiro atoms. The number of alkyl halides is 2. The molecule has 1 saturated heterocycles. The van der Waals surface area contributed by atoms with Gasteiger partial charge in [-0.2, -0.15) is 0 Å². The second-order valence-electron chi connectivity index (χ2n) is 1.03. The Balaban J connectivity index is 2.00. The number of rotatable bonds is 0. The van der Waals surface area contributed by atoms with Crippen LogP contribution in [0.3, 0.4) is 0 Å². The van der Waals surface area contributed by atoms with Crippen LogP contribution in [-0.2, 0) is 4.84 Å². The Morgan fingerprint density at radius 1 is 1.67 bits per heavy atom. The number of halogens is 1. The van der Waals surface area contributed by atoms with Gasteiger partial charge in [0, 0.05) is 0 Å². The first kappa shape index (κ1) is 4.80. The molecule has 1 aliphatic rings. The summed E-state index contributed by atoms with van der Waals surface area (Å²) in [5.74, 6) is 0. The molecule has 0 aliphatic carbocycles. The zero-order valence-corrected chi connectivity index (χ0v) is 5.57. The van der Waals surface area contributed by atoms with Crippen LogP contribution < -0.4 is 26.7 Å². The predicted octanol–water partition coefficient (Wildman–Crippen LogP) is -3.43. The average molecular weight is 200 g/mol. The van der Waals surface area contributed by atoms with E-state index in [1.54, 1.807) is 0 Å². The molecule has 0 atom stereocenters. The summed E-state index contributed by atoms with van der Waals surface area (Å²) in [4.78, 5) is 4.87. The topological polar surface area (TPSA) is 21.3 Å². The van der Waals surface area contributed by atoms with Crippen LogP contribution in [0, 0.1) is 0 Å². The SMILES string of the molecule is C1C[I-]CON1. The van der Waals surface area contributed by atoms with E-state index in [2.05, 4.69) is 5.48 Å². The normalized spacial score (nSPS) is 25.3. The van der Waals surface area contributed by atoms with E-state index in [1.165, 1.54) is 4.43 Å². The third kappa shape index (κ3) is 1.40. The molecule has 3 heteroatoms. The molecular formula is C3H7INO-. The molecule has 2 nitrogen and oxygen atoms in total. The second-order valence-corrected chi connectivity index (χ2v) is 3.81. The van der Waals surface area contributed by atoms with Gasteiger partial charge >= 0.3 is 47.1 Å². The molecule has 1 heterocycles. The summed E-state index contributed by atoms with van der Waals surface area (Å²) in [5.41, 5.74) is 2.81. The van der Waals surface area contributed by atoms with Crippen molar-refractivity contribution in [3.05, 3.63) is 0 Å². The van der Waals surface area contributed by atoms with E-state index < -0.39 is 0 Å². The van der Waals surface area contributed by atoms with Crippen LogP contribution in [0.2, 0.25) is 0 Å². The van der Waals surface area contributed by atoms with Crippen molar-refractivity contribution < 1.29 is 26.0 Å². The van der Waals surface area contributed by atoms with Gasteiger partial charge in [-0.25, -0.2) is 0 Å². The monoisotopic (exact) mass is 200 g/mol. The fourth-order valence-corrected chi connectivity index (χ4v) is 1.66. The van der Waals surface area contributed by atoms with E-state index in [0.717, 1.165) is 11.2 Å². The average Bonchev–Trinajstić information content (AvgIpc) is 1.72. The minimum atomic E-state index is 0.430. The van der Waals surface area contributed by atoms with Gasteiger partial charge in [0.05, 0.1) is 0 Å². The Morgan fingerprint density at radius 3 is 2.83 bits per heavy atom. The summed E-state index contributed by atoms with van der Waals surface area (Å²) < 4.78 is 2.37. The Labute approximate surface area is 47.5 Å². The summed E-state index contributed by atoms with van der Waals surface area (Å²) in [6, 6.07) is 0. The van der Waals surface area contributed by atoms with E-state index in [4.69, 9.17) is 4.84 Å². The van der Waals surface area contributed by atoms with Gasteiger partial charge in [0.15, 0.2) is 0 Å². The summed E-state index contributed by atoms with van der Waals surface area (Å²) >= 11 is 0.430. The molecule has 0 aromatic carbocycles. The maximum absolute atomic E-state index is 4.87. The van der Waals surface area contributed by atoms with Crippen molar-refractivity contribution in [3.8, 4) is 0 Å². The third-order valence-electron chi connectivity index (χ3n) is 0.564. The van der Waals surface area contributed by atoms with E-state index in [-0.39, 0.29) is 0 Å². The first-order valence-electron chi connectivity index (χ1n) is 1.88. The number of nitrogens with one attached hydrogen (secondary N) is 1. The van der Waals surface area contributed by atoms with Gasteiger partial charge in [0.25, 0.3) is 0 Å². The van der Waals surface area contributed by atoms with Crippen molar-refractivity contribution in [3.63, 3.8) is 0 Å². The van der Waals surface area contributed by atoms with Crippen molar-refractivity contribution in [1.29, 1.82) is 0 Å². The molecule has 1 aliphatic heterocycles. The quantitative estimate of drug-likeness (QED) is 0.324. The Morgan fingerprint density at radius 2 is 2.67 bits per heavy atom. The van der Waals surface area contributed by atoms with Gasteiger partial charge in [0.1, 0.15) is 0 Å². The van der Waals surface area contributed by atoms with Crippen molar-refractivity contribution in [2.24, 2.45) is 0 Å². The summed E-state index contributed by atoms with van der Waals surface area (Å²) in [5, 5.41) is 0. The van der Waals surface area contributed by atoms with Gasteiger partial charge in [-0.05, 0) is 0 Å². The fraction of sp³-hybridized carbons (Fsp3) is 1.00. The molecule has 38 valence electrons. The van der Waals surface area contributed by atoms with Crippen LogP contribution in [0.5, 0.6) is 0 Å². The van der Waals surface area contributed by atoms with Crippen molar-refractivity contribution in [2.45, 2.75) is 0 Å². The number of hydrogen-bond acceptors (Lipinski definition) is 2. The second kappa shape index (κ2) is 2.76. The van der Waals surface area contributed by atoms with E-state index in [9.17, 15) is 0 Å². The Kier molecular flexibility index (Phi) is 2.21. The van der Waals surface area contributed by atoms with Gasteiger partial charge in [-0.3, -0.25) is 0 Å². The van der Waals surface area contributed by atoms with Crippen LogP contribution in [0.15, 0.2) is 0 Å². The Hall–Kier alpha value is 0.650. The molecule has 1 fully saturated rings. The minimum absolute atomic E-state index is 0.430. The van der Waals surface area contributed by atoms with Gasteiger partial charge in [0.2, 0.25) is 0 Å². The van der Waals surface area contributed by atoms with Gasteiger partial charge in [-0.1, -0.05) is 0 Å². The van der Waals surface area contributed by atoms with E-state index in [1.807, 2.05) is 0 Å². The molecule has 6 heavy (non-hydrogen) atoms. The van der Waals surface area contributed by atoms with Gasteiger partial charge in [-0.15, -0.1) is 0 Å². The maximum atomic E-state index is 4.87. The standard InChI is InChI=1S/C3H7INO/c1-2-5-6-3-4-1/h5H,1-3H2/q-1. The molecule has 1 N–H and O–H groups in total. The van der Waals surface area contributed by atoms with Crippen LogP contribution in [-0.4, -0.2) is 15.6 Å². The summed E-state index contributed by atoms with van der Waals surface area (Å²) in [6.07, 6.45) is 0. The van der Waals surface area contributed by atoms with E-state index in [0.29, 0.717) is 21.2 Å². The summed E-state index contributed by atoms with van der Waals surface area (Å²) in [7, 11) is 0. The van der Waals surface area contributed by atoms with Crippen LogP contribution >= 0.6 is 0 Å². The molecule has 1 rings (SSSR count). The summed E-state index contributed by atoms with van der Waals surface area (Å²) in [6.45, 7) is 1.08. The molecule has 0 aromatic heterocycles. The van der Waals surface area contributed by atoms with Crippen molar-refractivity contribution >= 4 is 0 Å². The van der Waals surface area contributed by atoms with Crippen molar-refractivity contribution in [2.75, 3.05) is 15.6 Å². The van der Waals surface area contributed by atoms with Crippen molar-refractivity contribution in [1.82, 2.24) is 5.48 Å². The van der Waals surface area contributed by atoms with Gasteiger partial charge < -0.3 is 0 Å². The van der Waals surface area contributed by atoms with Crippen LogP contribution in [0.1, 0.15) is 0 Å². The molecule has 0 unspecified atom stereocenters. The first-order valence-corrected chi connectivity index (χ1v) is 4.93. The third-order valence-corrected chi connectivity index (χ3v) is 2.62. The van der Waals surface area contributed by atoms with Crippen LogP contribution in [0.4, 0.5) is 0 Å². The molecule has 0 saturated carbocycles. The molecule has 0 bridgehead atoms. The number of hydrogen-bond donors (Lipinski definition) is 1. The first-order chi connectivity index (χ1) is 3.00. The fourth-order valence-electron chi connectivity index (χ4n) is 0.309. The molecular weight excluding hydrogens is 193 g/mol. The van der Waals surface area contributed by atoms with Crippen LogP contribution in [0.25, 0.3) is 0 Å². The predicted molar refractivity (Wildman–Crippen MR) is 18.8 cm³/mol.